The van der Waals surface area contributed by atoms with Gasteiger partial charge in [0, 0.05) is 10.6 Å². The molecular weight excluding hydrogens is 410 g/mol. The number of rotatable bonds is 6. The smallest absolute Gasteiger partial charge is 0.351 e. The molecule has 4 rings (SSSR count). The number of halogens is 1. The number of benzene rings is 2. The molecule has 1 aromatic heterocycles. The highest BCUT2D eigenvalue weighted by Gasteiger charge is 2.29. The number of fused-ring (bicyclic) bond motifs is 1. The van der Waals surface area contributed by atoms with Crippen LogP contribution in [0.2, 0.25) is 5.02 Å². The first-order chi connectivity index (χ1) is 14.6. The Morgan fingerprint density at radius 2 is 1.80 bits per heavy atom. The van der Waals surface area contributed by atoms with Crippen molar-refractivity contribution in [3.8, 4) is 22.8 Å². The van der Waals surface area contributed by atoms with Gasteiger partial charge in [-0.3, -0.25) is 4.79 Å². The molecule has 1 unspecified atom stereocenters. The van der Waals surface area contributed by atoms with Gasteiger partial charge in [0.1, 0.15) is 18.1 Å². The first-order valence-electron chi connectivity index (χ1n) is 9.25. The first kappa shape index (κ1) is 19.8. The van der Waals surface area contributed by atoms with Crippen molar-refractivity contribution in [2.75, 3.05) is 13.2 Å². The number of hydrogen-bond acceptors (Lipinski definition) is 6. The van der Waals surface area contributed by atoms with Gasteiger partial charge >= 0.3 is 5.97 Å². The zero-order chi connectivity index (χ0) is 20.9. The van der Waals surface area contributed by atoms with Crippen LogP contribution in [0, 0.1) is 0 Å². The fourth-order valence-electron chi connectivity index (χ4n) is 2.84. The summed E-state index contributed by atoms with van der Waals surface area (Å²) in [6, 6.07) is 17.8. The maximum Gasteiger partial charge on any atom is 0.351 e. The van der Waals surface area contributed by atoms with Crippen molar-refractivity contribution >= 4 is 23.5 Å². The Balaban J connectivity index is 1.23. The molecule has 1 amide bonds. The minimum absolute atomic E-state index is 0.0251. The molecular formula is C22H18ClNO6. The van der Waals surface area contributed by atoms with Gasteiger partial charge in [-0.15, -0.1) is 0 Å². The van der Waals surface area contributed by atoms with Crippen LogP contribution in [0.4, 0.5) is 0 Å². The second kappa shape index (κ2) is 8.92. The Labute approximate surface area is 177 Å². The van der Waals surface area contributed by atoms with Crippen LogP contribution in [0.15, 0.2) is 65.1 Å². The van der Waals surface area contributed by atoms with Gasteiger partial charge in [-0.1, -0.05) is 23.7 Å². The van der Waals surface area contributed by atoms with Crippen LogP contribution in [-0.4, -0.2) is 31.2 Å². The largest absolute Gasteiger partial charge is 0.485 e. The van der Waals surface area contributed by atoms with Crippen molar-refractivity contribution in [2.24, 2.45) is 0 Å². The molecule has 3 aromatic rings. The van der Waals surface area contributed by atoms with E-state index in [4.69, 9.17) is 30.2 Å². The molecule has 7 nitrogen and oxygen atoms in total. The van der Waals surface area contributed by atoms with Gasteiger partial charge in [-0.25, -0.2) is 4.79 Å². The maximum absolute atomic E-state index is 12.1. The SMILES string of the molecule is O=C(COC(=O)C1COc2ccccc2O1)NCc1ccc(-c2ccc(Cl)cc2)o1. The van der Waals surface area contributed by atoms with E-state index in [9.17, 15) is 9.59 Å². The van der Waals surface area contributed by atoms with Gasteiger partial charge in [0.2, 0.25) is 6.10 Å². The third kappa shape index (κ3) is 4.75. The highest BCUT2D eigenvalue weighted by atomic mass is 35.5. The second-order valence-corrected chi connectivity index (χ2v) is 6.96. The van der Waals surface area contributed by atoms with Crippen LogP contribution in [0.25, 0.3) is 11.3 Å². The van der Waals surface area contributed by atoms with Crippen molar-refractivity contribution in [1.29, 1.82) is 0 Å². The van der Waals surface area contributed by atoms with Gasteiger partial charge in [-0.05, 0) is 48.5 Å². The summed E-state index contributed by atoms with van der Waals surface area (Å²) in [6.07, 6.45) is -0.917. The number of amides is 1. The average molecular weight is 428 g/mol. The predicted molar refractivity (Wildman–Crippen MR) is 108 cm³/mol. The lowest BCUT2D eigenvalue weighted by atomic mass is 10.2. The van der Waals surface area contributed by atoms with Crippen molar-refractivity contribution in [1.82, 2.24) is 5.32 Å². The van der Waals surface area contributed by atoms with Crippen molar-refractivity contribution in [3.05, 3.63) is 71.4 Å². The topological polar surface area (TPSA) is 87.0 Å². The summed E-state index contributed by atoms with van der Waals surface area (Å²) in [6.45, 7) is -0.233. The summed E-state index contributed by atoms with van der Waals surface area (Å²) in [5.74, 6) is 1.14. The third-order valence-electron chi connectivity index (χ3n) is 4.37. The van der Waals surface area contributed by atoms with Crippen molar-refractivity contribution in [2.45, 2.75) is 12.6 Å². The van der Waals surface area contributed by atoms with Crippen LogP contribution >= 0.6 is 11.6 Å². The van der Waals surface area contributed by atoms with Gasteiger partial charge in [0.05, 0.1) is 6.54 Å². The average Bonchev–Trinajstić information content (AvgIpc) is 3.25. The Kier molecular flexibility index (Phi) is 5.90. The normalized spacial score (nSPS) is 14.8. The van der Waals surface area contributed by atoms with E-state index in [0.29, 0.717) is 28.0 Å². The van der Waals surface area contributed by atoms with E-state index < -0.39 is 24.6 Å². The molecule has 0 saturated heterocycles. The van der Waals surface area contributed by atoms with Crippen LogP contribution in [0.5, 0.6) is 11.5 Å². The summed E-state index contributed by atoms with van der Waals surface area (Å²) < 4.78 is 21.8. The molecule has 0 saturated carbocycles. The fourth-order valence-corrected chi connectivity index (χ4v) is 2.97. The minimum atomic E-state index is -0.917. The lowest BCUT2D eigenvalue weighted by Crippen LogP contribution is -2.39. The molecule has 0 aliphatic carbocycles. The molecule has 2 aromatic carbocycles. The molecule has 0 spiro atoms. The molecule has 1 aliphatic heterocycles. The number of ether oxygens (including phenoxy) is 3. The Morgan fingerprint density at radius 3 is 2.60 bits per heavy atom. The Bertz CT molecular complexity index is 1050. The summed E-state index contributed by atoms with van der Waals surface area (Å²) in [7, 11) is 0. The van der Waals surface area contributed by atoms with E-state index in [-0.39, 0.29) is 13.2 Å². The highest BCUT2D eigenvalue weighted by molar-refractivity contribution is 6.30. The van der Waals surface area contributed by atoms with Crippen molar-refractivity contribution < 1.29 is 28.2 Å². The van der Waals surface area contributed by atoms with E-state index >= 15 is 0 Å². The molecule has 0 radical (unpaired) electrons. The van der Waals surface area contributed by atoms with Gasteiger partial charge in [-0.2, -0.15) is 0 Å². The number of carbonyl (C=O) groups is 2. The predicted octanol–water partition coefficient (Wildman–Crippen LogP) is 3.60. The Morgan fingerprint density at radius 1 is 1.03 bits per heavy atom. The first-order valence-corrected chi connectivity index (χ1v) is 9.63. The quantitative estimate of drug-likeness (QED) is 0.605. The lowest BCUT2D eigenvalue weighted by molar-refractivity contribution is -0.157. The van der Waals surface area contributed by atoms with Crippen LogP contribution < -0.4 is 14.8 Å². The molecule has 8 heteroatoms. The number of esters is 1. The Hall–Kier alpha value is -3.45. The molecule has 1 atom stereocenters. The summed E-state index contributed by atoms with van der Waals surface area (Å²) in [4.78, 5) is 24.1. The van der Waals surface area contributed by atoms with Gasteiger partial charge in [0.15, 0.2) is 18.1 Å². The van der Waals surface area contributed by atoms with Crippen LogP contribution in [0.3, 0.4) is 0 Å². The van der Waals surface area contributed by atoms with E-state index in [0.717, 1.165) is 5.56 Å². The zero-order valence-corrected chi connectivity index (χ0v) is 16.6. The van der Waals surface area contributed by atoms with E-state index in [1.807, 2.05) is 24.3 Å². The van der Waals surface area contributed by atoms with Gasteiger partial charge in [0.25, 0.3) is 5.91 Å². The number of nitrogens with one attached hydrogen (secondary N) is 1. The van der Waals surface area contributed by atoms with E-state index in [1.165, 1.54) is 0 Å². The summed E-state index contributed by atoms with van der Waals surface area (Å²) in [5, 5.41) is 3.28. The van der Waals surface area contributed by atoms with Crippen LogP contribution in [-0.2, 0) is 20.9 Å². The summed E-state index contributed by atoms with van der Waals surface area (Å²) >= 11 is 5.88. The minimum Gasteiger partial charge on any atom is -0.485 e. The molecule has 0 fully saturated rings. The highest BCUT2D eigenvalue weighted by Crippen LogP contribution is 2.31. The third-order valence-corrected chi connectivity index (χ3v) is 4.62. The van der Waals surface area contributed by atoms with Crippen molar-refractivity contribution in [3.63, 3.8) is 0 Å². The molecule has 154 valence electrons. The molecule has 2 heterocycles. The lowest BCUT2D eigenvalue weighted by Gasteiger charge is -2.24. The molecule has 1 aliphatic rings. The van der Waals surface area contributed by atoms with Gasteiger partial charge < -0.3 is 23.9 Å². The second-order valence-electron chi connectivity index (χ2n) is 6.52. The van der Waals surface area contributed by atoms with E-state index in [1.54, 1.807) is 36.4 Å². The number of furan rings is 1. The monoisotopic (exact) mass is 427 g/mol. The number of para-hydroxylation sites is 2. The molecule has 30 heavy (non-hydrogen) atoms. The molecule has 0 bridgehead atoms. The summed E-state index contributed by atoms with van der Waals surface area (Å²) in [5.41, 5.74) is 0.877. The fraction of sp³-hybridized carbons (Fsp3) is 0.182. The standard InChI is InChI=1S/C22H18ClNO6/c23-15-7-5-14(6-8-15)17-10-9-16(29-17)11-24-21(25)13-28-22(26)20-12-27-18-3-1-2-4-19(18)30-20/h1-10,20H,11-13H2,(H,24,25). The zero-order valence-electron chi connectivity index (χ0n) is 15.8. The number of hydrogen-bond donors (Lipinski definition) is 1. The molecule has 1 N–H and O–H groups in total. The number of carbonyl (C=O) groups excluding carboxylic acids is 2. The van der Waals surface area contributed by atoms with Crippen LogP contribution in [0.1, 0.15) is 5.76 Å². The maximum atomic E-state index is 12.1. The van der Waals surface area contributed by atoms with E-state index in [2.05, 4.69) is 5.32 Å².